The van der Waals surface area contributed by atoms with Gasteiger partial charge in [0, 0.05) is 0 Å². The fourth-order valence-corrected chi connectivity index (χ4v) is 9.48. The van der Waals surface area contributed by atoms with Crippen molar-refractivity contribution in [1.82, 2.24) is 9.80 Å². The van der Waals surface area contributed by atoms with Crippen molar-refractivity contribution >= 4 is 47.7 Å². The first-order chi connectivity index (χ1) is 27.6. The molecule has 0 unspecified atom stereocenters. The highest BCUT2D eigenvalue weighted by Gasteiger charge is 2.81. The molecule has 0 aromatic heterocycles. The van der Waals surface area contributed by atoms with Gasteiger partial charge in [-0.15, -0.1) is 0 Å². The van der Waals surface area contributed by atoms with Crippen molar-refractivity contribution in [2.45, 2.75) is 154 Å². The smallest absolute Gasteiger partial charge is 0.416 e. The third-order valence-corrected chi connectivity index (χ3v) is 11.0. The number of amides is 4. The van der Waals surface area contributed by atoms with Crippen molar-refractivity contribution in [3.05, 3.63) is 59.7 Å². The predicted molar refractivity (Wildman–Crippen MR) is 218 cm³/mol. The van der Waals surface area contributed by atoms with Crippen LogP contribution in [-0.4, -0.2) is 107 Å². The maximum absolute atomic E-state index is 14.9. The van der Waals surface area contributed by atoms with Gasteiger partial charge >= 0.3 is 36.3 Å². The summed E-state index contributed by atoms with van der Waals surface area (Å²) in [6.45, 7) is 20.3. The van der Waals surface area contributed by atoms with E-state index >= 15 is 0 Å². The summed E-state index contributed by atoms with van der Waals surface area (Å²) in [5.74, 6) is -1.63. The highest BCUT2D eigenvalue weighted by atomic mass is 16.6. The van der Waals surface area contributed by atoms with Gasteiger partial charge in [0.25, 0.3) is 0 Å². The first-order valence-corrected chi connectivity index (χ1v) is 20.1. The number of likely N-dealkylation sites (tertiary alicyclic amines) is 2. The van der Waals surface area contributed by atoms with Crippen LogP contribution in [0.15, 0.2) is 48.5 Å². The van der Waals surface area contributed by atoms with Crippen LogP contribution in [0.3, 0.4) is 0 Å². The number of ether oxygens (including phenoxy) is 6. The SMILES string of the molecule is COC(=O)[C@@H]1C[C@]2([C@]34C[C@@H](C(=O)OC)N(C(=O)OC(C)(C)C)[C@H]3N(C(=O)OC(C)(C)C)c3ccccc34)c3ccccc3N(C(=O)OC(C)(C)C)[C@@H]2N1C(=O)OC(C)(C)C. The zero-order chi connectivity index (χ0) is 44.7. The van der Waals surface area contributed by atoms with E-state index in [0.717, 1.165) is 0 Å². The van der Waals surface area contributed by atoms with Crippen LogP contribution in [-0.2, 0) is 48.8 Å². The average Bonchev–Trinajstić information content (AvgIpc) is 3.80. The first-order valence-electron chi connectivity index (χ1n) is 20.1. The Hall–Kier alpha value is -5.54. The van der Waals surface area contributed by atoms with E-state index in [1.54, 1.807) is 132 Å². The molecule has 16 nitrogen and oxygen atoms in total. The number of para-hydroxylation sites is 2. The minimum atomic E-state index is -1.66. The molecule has 326 valence electrons. The minimum absolute atomic E-state index is 0.233. The molecular weight excluding hydrogens is 776 g/mol. The summed E-state index contributed by atoms with van der Waals surface area (Å²) in [6.07, 6.45) is -6.95. The van der Waals surface area contributed by atoms with Gasteiger partial charge in [-0.3, -0.25) is 19.6 Å². The Morgan fingerprint density at radius 3 is 1.05 bits per heavy atom. The second-order valence-corrected chi connectivity index (χ2v) is 19.7. The molecule has 2 aromatic carbocycles. The third-order valence-electron chi connectivity index (χ3n) is 11.0. The zero-order valence-corrected chi connectivity index (χ0v) is 37.0. The molecule has 6 atom stereocenters. The lowest BCUT2D eigenvalue weighted by Crippen LogP contribution is -2.66. The molecule has 0 spiro atoms. The molecule has 60 heavy (non-hydrogen) atoms. The molecular formula is C44H58N4O12. The maximum Gasteiger partial charge on any atom is 0.416 e. The van der Waals surface area contributed by atoms with Gasteiger partial charge in [-0.25, -0.2) is 28.8 Å². The van der Waals surface area contributed by atoms with Crippen molar-refractivity contribution in [3.63, 3.8) is 0 Å². The number of nitrogens with zero attached hydrogens (tertiary/aromatic N) is 4. The molecule has 4 amide bonds. The van der Waals surface area contributed by atoms with Gasteiger partial charge in [-0.2, -0.15) is 0 Å². The van der Waals surface area contributed by atoms with Crippen LogP contribution in [0.1, 0.15) is 107 Å². The molecule has 2 aromatic rings. The van der Waals surface area contributed by atoms with Crippen molar-refractivity contribution in [2.75, 3.05) is 24.0 Å². The zero-order valence-electron chi connectivity index (χ0n) is 37.0. The number of carbonyl (C=O) groups is 6. The Labute approximate surface area is 351 Å². The normalized spacial score (nSPS) is 25.8. The molecule has 0 bridgehead atoms. The Bertz CT molecular complexity index is 1950. The Morgan fingerprint density at radius 1 is 0.483 bits per heavy atom. The minimum Gasteiger partial charge on any atom is -0.467 e. The van der Waals surface area contributed by atoms with Gasteiger partial charge in [0.15, 0.2) is 0 Å². The standard InChI is InChI=1S/C44H58N4O12/c1-39(2,3)57-35(51)45-27-21-17-15-19-25(27)43(23-29(31(49)55-13)47(33(43)45)37(53)59-41(7,8)9)44-24-30(32(50)56-14)48(38(54)60-42(10,11)12)34(44)46(36(52)58-40(4,5)6)28-22-18-16-20-26(28)44/h15-22,29-30,33-34H,23-24H2,1-14H3/t29-,30-,33+,34+,43-,44-/m0/s1. The van der Waals surface area contributed by atoms with Crippen molar-refractivity contribution in [3.8, 4) is 0 Å². The van der Waals surface area contributed by atoms with E-state index in [1.165, 1.54) is 33.8 Å². The fraction of sp³-hybridized carbons (Fsp3) is 0.591. The lowest BCUT2D eigenvalue weighted by molar-refractivity contribution is -0.146. The Balaban J connectivity index is 1.81. The monoisotopic (exact) mass is 834 g/mol. The van der Waals surface area contributed by atoms with Gasteiger partial charge in [0.05, 0.1) is 36.4 Å². The number of esters is 2. The van der Waals surface area contributed by atoms with E-state index in [0.29, 0.717) is 22.5 Å². The second-order valence-electron chi connectivity index (χ2n) is 19.7. The van der Waals surface area contributed by atoms with Crippen LogP contribution in [0.2, 0.25) is 0 Å². The highest BCUT2D eigenvalue weighted by molar-refractivity contribution is 6.00. The van der Waals surface area contributed by atoms with Crippen molar-refractivity contribution in [2.24, 2.45) is 0 Å². The number of carbonyl (C=O) groups excluding carboxylic acids is 6. The molecule has 16 heteroatoms. The maximum atomic E-state index is 14.9. The van der Waals surface area contributed by atoms with E-state index in [-0.39, 0.29) is 12.8 Å². The van der Waals surface area contributed by atoms with E-state index in [1.807, 2.05) is 0 Å². The lowest BCUT2D eigenvalue weighted by atomic mass is 9.54. The number of methoxy groups -OCH3 is 2. The molecule has 0 radical (unpaired) electrons. The quantitative estimate of drug-likeness (QED) is 0.222. The molecule has 0 saturated carbocycles. The van der Waals surface area contributed by atoms with Gasteiger partial charge in [0.2, 0.25) is 0 Å². The largest absolute Gasteiger partial charge is 0.467 e. The van der Waals surface area contributed by atoms with Crippen LogP contribution < -0.4 is 9.80 Å². The molecule has 4 heterocycles. The molecule has 4 aliphatic heterocycles. The molecule has 0 aliphatic carbocycles. The number of hydrogen-bond donors (Lipinski definition) is 0. The Morgan fingerprint density at radius 2 is 0.767 bits per heavy atom. The van der Waals surface area contributed by atoms with Gasteiger partial charge in [0.1, 0.15) is 46.8 Å². The summed E-state index contributed by atoms with van der Waals surface area (Å²) in [4.78, 5) is 93.2. The van der Waals surface area contributed by atoms with Gasteiger partial charge in [-0.05, 0) is 119 Å². The fourth-order valence-electron chi connectivity index (χ4n) is 9.48. The predicted octanol–water partition coefficient (Wildman–Crippen LogP) is 7.39. The van der Waals surface area contributed by atoms with E-state index < -0.39 is 94.0 Å². The lowest BCUT2D eigenvalue weighted by Gasteiger charge is -2.49. The molecule has 2 saturated heterocycles. The molecule has 0 N–H and O–H groups in total. The summed E-state index contributed by atoms with van der Waals surface area (Å²) < 4.78 is 35.0. The number of benzene rings is 2. The van der Waals surface area contributed by atoms with E-state index in [9.17, 15) is 28.8 Å². The third kappa shape index (κ3) is 7.14. The average molecular weight is 835 g/mol. The second kappa shape index (κ2) is 14.6. The van der Waals surface area contributed by atoms with Gasteiger partial charge < -0.3 is 28.4 Å². The summed E-state index contributed by atoms with van der Waals surface area (Å²) in [5, 5.41) is 0. The summed E-state index contributed by atoms with van der Waals surface area (Å²) >= 11 is 0. The molecule has 6 rings (SSSR count). The van der Waals surface area contributed by atoms with Crippen LogP contribution >= 0.6 is 0 Å². The topological polar surface area (TPSA) is 171 Å². The first kappa shape index (κ1) is 44.0. The summed E-state index contributed by atoms with van der Waals surface area (Å²) in [5.41, 5.74) is -5.90. The van der Waals surface area contributed by atoms with Crippen LogP contribution in [0.5, 0.6) is 0 Å². The molecule has 2 fully saturated rings. The van der Waals surface area contributed by atoms with E-state index in [2.05, 4.69) is 0 Å². The summed E-state index contributed by atoms with van der Waals surface area (Å²) in [6, 6.07) is 11.1. The number of fused-ring (bicyclic) bond motifs is 7. The molecule has 4 aliphatic rings. The number of rotatable bonds is 3. The van der Waals surface area contributed by atoms with Crippen LogP contribution in [0.25, 0.3) is 0 Å². The number of anilines is 2. The highest BCUT2D eigenvalue weighted by Crippen LogP contribution is 2.71. The Kier molecular flexibility index (Phi) is 10.7. The summed E-state index contributed by atoms with van der Waals surface area (Å²) in [7, 11) is 2.39. The van der Waals surface area contributed by atoms with Crippen molar-refractivity contribution in [1.29, 1.82) is 0 Å². The van der Waals surface area contributed by atoms with Crippen LogP contribution in [0.4, 0.5) is 30.6 Å². The van der Waals surface area contributed by atoms with Crippen molar-refractivity contribution < 1.29 is 57.2 Å². The van der Waals surface area contributed by atoms with E-state index in [4.69, 9.17) is 28.4 Å². The number of hydrogen-bond acceptors (Lipinski definition) is 12. The van der Waals surface area contributed by atoms with Gasteiger partial charge in [-0.1, -0.05) is 36.4 Å². The van der Waals surface area contributed by atoms with Crippen LogP contribution in [0, 0.1) is 0 Å².